The third kappa shape index (κ3) is 3.97. The van der Waals surface area contributed by atoms with Crippen LogP contribution in [0.15, 0.2) is 59.1 Å². The van der Waals surface area contributed by atoms with Gasteiger partial charge in [0.1, 0.15) is 0 Å². The van der Waals surface area contributed by atoms with Gasteiger partial charge in [0.2, 0.25) is 0 Å². The van der Waals surface area contributed by atoms with Crippen molar-refractivity contribution in [2.45, 2.75) is 36.4 Å². The normalized spacial score (nSPS) is 11.5. The van der Waals surface area contributed by atoms with Crippen LogP contribution in [0.5, 0.6) is 0 Å². The summed E-state index contributed by atoms with van der Waals surface area (Å²) in [6.45, 7) is 5.17. The molecule has 6 heteroatoms. The molecule has 26 heavy (non-hydrogen) atoms. The summed E-state index contributed by atoms with van der Waals surface area (Å²) in [4.78, 5) is 4.65. The first-order valence-electron chi connectivity index (χ1n) is 8.63. The molecule has 2 heterocycles. The van der Waals surface area contributed by atoms with Gasteiger partial charge in [-0.2, -0.15) is 0 Å². The van der Waals surface area contributed by atoms with E-state index in [1.807, 2.05) is 23.0 Å². The van der Waals surface area contributed by atoms with E-state index < -0.39 is 0 Å². The molecular formula is C20H20N4S2. The van der Waals surface area contributed by atoms with Crippen molar-refractivity contribution in [1.82, 2.24) is 20.0 Å². The highest BCUT2D eigenvalue weighted by Crippen LogP contribution is 2.30. The van der Waals surface area contributed by atoms with Gasteiger partial charge in [0.25, 0.3) is 0 Å². The minimum Gasteiger partial charge on any atom is -0.248 e. The molecule has 0 amide bonds. The van der Waals surface area contributed by atoms with Gasteiger partial charge in [-0.05, 0) is 29.2 Å². The molecule has 0 aliphatic carbocycles. The Hall–Kier alpha value is -2.18. The molecule has 4 aromatic rings. The van der Waals surface area contributed by atoms with Crippen LogP contribution < -0.4 is 0 Å². The first kappa shape index (κ1) is 17.2. The lowest BCUT2D eigenvalue weighted by atomic mass is 10.0. The van der Waals surface area contributed by atoms with Crippen molar-refractivity contribution >= 4 is 33.3 Å². The van der Waals surface area contributed by atoms with Crippen LogP contribution in [0.1, 0.15) is 36.6 Å². The number of hydrogen-bond acceptors (Lipinski definition) is 5. The number of nitrogens with zero attached hydrogens (tertiary/aromatic N) is 4. The molecule has 132 valence electrons. The van der Waals surface area contributed by atoms with Crippen LogP contribution >= 0.6 is 23.1 Å². The lowest BCUT2D eigenvalue weighted by molar-refractivity contribution is 0.649. The highest BCUT2D eigenvalue weighted by molar-refractivity contribution is 8.00. The lowest BCUT2D eigenvalue weighted by Gasteiger charge is -2.06. The van der Waals surface area contributed by atoms with Crippen molar-refractivity contribution in [2.24, 2.45) is 0 Å². The Morgan fingerprint density at radius 1 is 1.08 bits per heavy atom. The van der Waals surface area contributed by atoms with Crippen LogP contribution in [0, 0.1) is 0 Å². The van der Waals surface area contributed by atoms with Crippen LogP contribution in [-0.4, -0.2) is 20.0 Å². The van der Waals surface area contributed by atoms with E-state index in [0.29, 0.717) is 5.92 Å². The first-order valence-corrected chi connectivity index (χ1v) is 10.4. The molecule has 0 bridgehead atoms. The summed E-state index contributed by atoms with van der Waals surface area (Å²) < 4.78 is 4.20. The molecule has 0 saturated carbocycles. The molecule has 2 aromatic carbocycles. The Bertz CT molecular complexity index is 969. The summed E-state index contributed by atoms with van der Waals surface area (Å²) in [5.41, 5.74) is 4.64. The Labute approximate surface area is 161 Å². The molecule has 2 aromatic heterocycles. The van der Waals surface area contributed by atoms with Crippen LogP contribution in [0.2, 0.25) is 0 Å². The monoisotopic (exact) mass is 380 g/mol. The van der Waals surface area contributed by atoms with Gasteiger partial charge in [0.15, 0.2) is 4.34 Å². The predicted molar refractivity (Wildman–Crippen MR) is 109 cm³/mol. The van der Waals surface area contributed by atoms with Crippen LogP contribution in [0.3, 0.4) is 0 Å². The van der Waals surface area contributed by atoms with E-state index in [9.17, 15) is 0 Å². The third-order valence-corrected chi connectivity index (χ3v) is 6.41. The molecule has 0 radical (unpaired) electrons. The molecule has 0 N–H and O–H groups in total. The maximum absolute atomic E-state index is 4.65. The molecule has 0 saturated heterocycles. The average Bonchev–Trinajstić information content (AvgIpc) is 3.26. The number of rotatable bonds is 6. The Balaban J connectivity index is 1.38. The van der Waals surface area contributed by atoms with Crippen molar-refractivity contribution in [1.29, 1.82) is 0 Å². The fourth-order valence-corrected chi connectivity index (χ4v) is 4.67. The standard InChI is InChI=1S/C20H20N4S2/c1-14(2)16-9-7-15(8-10-16)11-24-12-17(22-23-24)13-25-20-21-18-5-3-4-6-19(18)26-20/h3-10,12,14H,11,13H2,1-2H3. The number of para-hydroxylation sites is 1. The SMILES string of the molecule is CC(C)c1ccc(Cn2cc(CSc3nc4ccccc4s3)nn2)cc1. The zero-order chi connectivity index (χ0) is 17.9. The molecule has 4 nitrogen and oxygen atoms in total. The Kier molecular flexibility index (Phi) is 5.04. The van der Waals surface area contributed by atoms with E-state index in [2.05, 4.69) is 65.5 Å². The van der Waals surface area contributed by atoms with E-state index in [1.54, 1.807) is 23.1 Å². The van der Waals surface area contributed by atoms with Crippen molar-refractivity contribution in [3.63, 3.8) is 0 Å². The summed E-state index contributed by atoms with van der Waals surface area (Å²) >= 11 is 3.44. The topological polar surface area (TPSA) is 43.6 Å². The molecule has 0 spiro atoms. The van der Waals surface area contributed by atoms with Gasteiger partial charge in [0, 0.05) is 11.9 Å². The summed E-state index contributed by atoms with van der Waals surface area (Å²) in [6.07, 6.45) is 2.02. The number of thioether (sulfide) groups is 1. The minimum absolute atomic E-state index is 0.557. The van der Waals surface area contributed by atoms with Gasteiger partial charge in [0.05, 0.1) is 22.5 Å². The van der Waals surface area contributed by atoms with Gasteiger partial charge in [-0.1, -0.05) is 67.2 Å². The summed E-state index contributed by atoms with van der Waals surface area (Å²) in [7, 11) is 0. The molecule has 0 atom stereocenters. The largest absolute Gasteiger partial charge is 0.248 e. The van der Waals surface area contributed by atoms with Crippen LogP contribution in [0.25, 0.3) is 10.2 Å². The molecule has 0 aliphatic heterocycles. The smallest absolute Gasteiger partial charge is 0.151 e. The molecule has 0 unspecified atom stereocenters. The molecule has 4 rings (SSSR count). The number of benzene rings is 2. The molecule has 0 fully saturated rings. The van der Waals surface area contributed by atoms with Gasteiger partial charge >= 0.3 is 0 Å². The Morgan fingerprint density at radius 2 is 1.88 bits per heavy atom. The fraction of sp³-hybridized carbons (Fsp3) is 0.250. The average molecular weight is 381 g/mol. The van der Waals surface area contributed by atoms with E-state index in [4.69, 9.17) is 0 Å². The van der Waals surface area contributed by atoms with Gasteiger partial charge in [-0.25, -0.2) is 9.67 Å². The maximum atomic E-state index is 4.65. The van der Waals surface area contributed by atoms with E-state index in [-0.39, 0.29) is 0 Å². The van der Waals surface area contributed by atoms with Gasteiger partial charge in [-0.3, -0.25) is 0 Å². The molecular weight excluding hydrogens is 360 g/mol. The van der Waals surface area contributed by atoms with Crippen molar-refractivity contribution < 1.29 is 0 Å². The van der Waals surface area contributed by atoms with Gasteiger partial charge < -0.3 is 0 Å². The van der Waals surface area contributed by atoms with E-state index >= 15 is 0 Å². The maximum Gasteiger partial charge on any atom is 0.151 e. The Morgan fingerprint density at radius 3 is 2.65 bits per heavy atom. The van der Waals surface area contributed by atoms with E-state index in [0.717, 1.165) is 27.8 Å². The highest BCUT2D eigenvalue weighted by atomic mass is 32.2. The quantitative estimate of drug-likeness (QED) is 0.423. The number of thiazole rings is 1. The minimum atomic E-state index is 0.557. The third-order valence-electron chi connectivity index (χ3n) is 4.19. The summed E-state index contributed by atoms with van der Waals surface area (Å²) in [5, 5.41) is 8.56. The van der Waals surface area contributed by atoms with Crippen molar-refractivity contribution in [3.8, 4) is 0 Å². The lowest BCUT2D eigenvalue weighted by Crippen LogP contribution is -2.00. The van der Waals surface area contributed by atoms with Gasteiger partial charge in [-0.15, -0.1) is 16.4 Å². The highest BCUT2D eigenvalue weighted by Gasteiger charge is 2.07. The second-order valence-corrected chi connectivity index (χ2v) is 8.79. The number of hydrogen-bond donors (Lipinski definition) is 0. The number of aromatic nitrogens is 4. The van der Waals surface area contributed by atoms with Crippen molar-refractivity contribution in [3.05, 3.63) is 71.5 Å². The first-order chi connectivity index (χ1) is 12.7. The van der Waals surface area contributed by atoms with Crippen LogP contribution in [0.4, 0.5) is 0 Å². The van der Waals surface area contributed by atoms with E-state index in [1.165, 1.54) is 15.8 Å². The predicted octanol–water partition coefficient (Wildman–Crippen LogP) is 5.35. The zero-order valence-corrected chi connectivity index (χ0v) is 16.4. The summed E-state index contributed by atoms with van der Waals surface area (Å²) in [6, 6.07) is 17.0. The molecule has 0 aliphatic rings. The number of fused-ring (bicyclic) bond motifs is 1. The second kappa shape index (κ2) is 7.60. The summed E-state index contributed by atoms with van der Waals surface area (Å²) in [5.74, 6) is 1.34. The van der Waals surface area contributed by atoms with Crippen molar-refractivity contribution in [2.75, 3.05) is 0 Å². The van der Waals surface area contributed by atoms with Crippen LogP contribution in [-0.2, 0) is 12.3 Å². The second-order valence-electron chi connectivity index (χ2n) is 6.54. The fourth-order valence-electron chi connectivity index (χ4n) is 2.73. The zero-order valence-electron chi connectivity index (χ0n) is 14.8.